The van der Waals surface area contributed by atoms with Crippen LogP contribution in [0.15, 0.2) is 41.4 Å². The molecule has 210 valence electrons. The predicted molar refractivity (Wildman–Crippen MR) is 140 cm³/mol. The minimum atomic E-state index is -2.80. The number of aliphatic imine (C=N–C) groups is 1. The third-order valence-electron chi connectivity index (χ3n) is 5.71. The quantitative estimate of drug-likeness (QED) is 0.260. The highest BCUT2D eigenvalue weighted by Gasteiger charge is 2.23. The molecular weight excluding hydrogens is 538 g/mol. The first kappa shape index (κ1) is 29.8. The molecule has 2 aromatic carbocycles. The Bertz CT molecular complexity index is 1240. The van der Waals surface area contributed by atoms with Crippen LogP contribution in [-0.2, 0) is 14.3 Å². The lowest BCUT2D eigenvalue weighted by Gasteiger charge is -2.20. The van der Waals surface area contributed by atoms with Crippen LogP contribution < -0.4 is 16.0 Å². The lowest BCUT2D eigenvalue weighted by atomic mass is 9.89. The van der Waals surface area contributed by atoms with Crippen LogP contribution in [-0.4, -0.2) is 66.2 Å². The molecule has 0 spiro atoms. The number of Topliss-reactive ketones (excluding diaryl/α,β-unsaturated/α-hetero) is 1. The van der Waals surface area contributed by atoms with E-state index in [1.54, 1.807) is 6.92 Å². The largest absolute Gasteiger partial charge is 0.508 e. The van der Waals surface area contributed by atoms with Crippen molar-refractivity contribution in [1.29, 1.82) is 0 Å². The molecule has 0 saturated heterocycles. The molecule has 0 aliphatic carbocycles. The molecule has 5 N–H and O–H groups in total. The molecule has 0 aromatic heterocycles. The third kappa shape index (κ3) is 9.18. The van der Waals surface area contributed by atoms with Gasteiger partial charge in [-0.1, -0.05) is 11.6 Å². The number of amides is 1. The van der Waals surface area contributed by atoms with Gasteiger partial charge < -0.3 is 30.9 Å². The van der Waals surface area contributed by atoms with Crippen molar-refractivity contribution in [3.8, 4) is 5.75 Å². The van der Waals surface area contributed by atoms with Gasteiger partial charge in [0.05, 0.1) is 32.2 Å². The minimum Gasteiger partial charge on any atom is -0.508 e. The first-order valence-corrected chi connectivity index (χ1v) is 12.5. The zero-order valence-corrected chi connectivity index (χ0v) is 21.8. The fourth-order valence-electron chi connectivity index (χ4n) is 3.92. The van der Waals surface area contributed by atoms with Crippen LogP contribution in [0.1, 0.15) is 53.6 Å². The summed E-state index contributed by atoms with van der Waals surface area (Å²) in [6.07, 6.45) is -3.89. The number of alkyl halides is 2. The molecule has 1 unspecified atom stereocenters. The Labute approximate surface area is 228 Å². The Balaban J connectivity index is 1.67. The highest BCUT2D eigenvalue weighted by molar-refractivity contribution is 6.30. The van der Waals surface area contributed by atoms with Gasteiger partial charge >= 0.3 is 5.97 Å². The average molecular weight is 567 g/mol. The number of guanidine groups is 1. The number of ether oxygens (including phenoxy) is 1. The Morgan fingerprint density at radius 2 is 1.90 bits per heavy atom. The average Bonchev–Trinajstić information content (AvgIpc) is 2.87. The molecule has 1 aliphatic heterocycles. The van der Waals surface area contributed by atoms with E-state index in [9.17, 15) is 33.4 Å². The van der Waals surface area contributed by atoms with Gasteiger partial charge in [0.15, 0.2) is 11.7 Å². The maximum Gasteiger partial charge on any atom is 0.306 e. The fourth-order valence-corrected chi connectivity index (χ4v) is 4.17. The second kappa shape index (κ2) is 13.9. The molecule has 0 radical (unpaired) electrons. The molecule has 2 aromatic rings. The lowest BCUT2D eigenvalue weighted by molar-refractivity contribution is -0.143. The molecule has 10 nitrogen and oxygen atoms in total. The van der Waals surface area contributed by atoms with Crippen molar-refractivity contribution in [1.82, 2.24) is 10.6 Å². The first-order chi connectivity index (χ1) is 18.5. The molecule has 2 atom stereocenters. The van der Waals surface area contributed by atoms with Crippen LogP contribution in [0.25, 0.3) is 0 Å². The van der Waals surface area contributed by atoms with E-state index in [4.69, 9.17) is 16.3 Å². The zero-order chi connectivity index (χ0) is 28.5. The number of aromatic hydroxyl groups is 1. The van der Waals surface area contributed by atoms with E-state index < -0.39 is 42.7 Å². The normalized spacial score (nSPS) is 15.6. The second-order valence-electron chi connectivity index (χ2n) is 8.87. The number of carbonyl (C=O) groups is 3. The maximum absolute atomic E-state index is 13.3. The van der Waals surface area contributed by atoms with E-state index in [-0.39, 0.29) is 60.0 Å². The van der Waals surface area contributed by atoms with Crippen LogP contribution in [0, 0.1) is 0 Å². The van der Waals surface area contributed by atoms with Gasteiger partial charge in [-0.2, -0.15) is 0 Å². The minimum absolute atomic E-state index is 0.0382. The van der Waals surface area contributed by atoms with E-state index in [2.05, 4.69) is 20.9 Å². The number of anilines is 1. The fraction of sp³-hybridized carbons (Fsp3) is 0.385. The highest BCUT2D eigenvalue weighted by atomic mass is 35.5. The van der Waals surface area contributed by atoms with Gasteiger partial charge in [-0.25, -0.2) is 8.78 Å². The number of carbonyl (C=O) groups excluding carboxylic acids is 3. The van der Waals surface area contributed by atoms with E-state index in [1.165, 1.54) is 30.3 Å². The van der Waals surface area contributed by atoms with Crippen molar-refractivity contribution in [3.63, 3.8) is 0 Å². The number of phenolic OH excluding ortho intramolecular Hbond substituents is 1. The van der Waals surface area contributed by atoms with Crippen LogP contribution in [0.4, 0.5) is 14.5 Å². The Kier molecular flexibility index (Phi) is 10.6. The van der Waals surface area contributed by atoms with Crippen molar-refractivity contribution < 1.29 is 38.1 Å². The number of aliphatic hydroxyl groups excluding tert-OH is 1. The van der Waals surface area contributed by atoms with Crippen molar-refractivity contribution in [2.45, 2.75) is 38.2 Å². The molecule has 39 heavy (non-hydrogen) atoms. The van der Waals surface area contributed by atoms with Crippen LogP contribution in [0.5, 0.6) is 5.75 Å². The number of hydrogen-bond donors (Lipinski definition) is 5. The summed E-state index contributed by atoms with van der Waals surface area (Å²) in [7, 11) is 0. The number of rotatable bonds is 11. The molecular formula is C26H29ClF2N4O6. The zero-order valence-electron chi connectivity index (χ0n) is 21.0. The van der Waals surface area contributed by atoms with Crippen molar-refractivity contribution in [2.75, 3.05) is 31.6 Å². The number of nitrogens with one attached hydrogen (secondary N) is 3. The smallest absolute Gasteiger partial charge is 0.306 e. The van der Waals surface area contributed by atoms with Gasteiger partial charge in [-0.05, 0) is 42.8 Å². The van der Waals surface area contributed by atoms with Crippen LogP contribution >= 0.6 is 11.6 Å². The second-order valence-corrected chi connectivity index (χ2v) is 9.30. The number of benzene rings is 2. The topological polar surface area (TPSA) is 149 Å². The van der Waals surface area contributed by atoms with Gasteiger partial charge in [-0.3, -0.25) is 19.4 Å². The molecule has 1 aliphatic rings. The van der Waals surface area contributed by atoms with Crippen LogP contribution in [0.2, 0.25) is 5.02 Å². The Hall–Kier alpha value is -3.77. The monoisotopic (exact) mass is 566 g/mol. The SMILES string of the molecule is CCOC(=O)C[C@H](CC(=O)CNC(=O)c1cc(O)cc(NC2=NCC(O)CN2)c1)c1cc(Cl)cc(C(F)F)c1. The summed E-state index contributed by atoms with van der Waals surface area (Å²) < 4.78 is 31.6. The number of β-amino-alcohol motifs (C(OH)–C–C–N with tert-alkyl or cyclic N) is 1. The highest BCUT2D eigenvalue weighted by Crippen LogP contribution is 2.31. The Morgan fingerprint density at radius 3 is 2.56 bits per heavy atom. The molecule has 1 heterocycles. The predicted octanol–water partition coefficient (Wildman–Crippen LogP) is 3.14. The molecule has 0 fully saturated rings. The van der Waals surface area contributed by atoms with Crippen molar-refractivity contribution >= 4 is 40.9 Å². The summed E-state index contributed by atoms with van der Waals surface area (Å²) in [5.41, 5.74) is 0.340. The van der Waals surface area contributed by atoms with Gasteiger partial charge in [0.25, 0.3) is 12.3 Å². The third-order valence-corrected chi connectivity index (χ3v) is 5.93. The van der Waals surface area contributed by atoms with E-state index >= 15 is 0 Å². The summed E-state index contributed by atoms with van der Waals surface area (Å²) in [5, 5.41) is 27.9. The molecule has 0 saturated carbocycles. The summed E-state index contributed by atoms with van der Waals surface area (Å²) in [6.45, 7) is 1.80. The van der Waals surface area contributed by atoms with Gasteiger partial charge in [0.1, 0.15) is 5.75 Å². The summed E-state index contributed by atoms with van der Waals surface area (Å²) in [4.78, 5) is 41.7. The number of hydrogen-bond acceptors (Lipinski definition) is 9. The standard InChI is InChI=1S/C26H29ClF2N4O6/c1-2-39-23(37)9-15(14-3-16(24(28)29)5-18(27)4-14)7-21(35)11-30-25(38)17-6-19(10-20(34)8-17)33-26-31-12-22(36)13-32-26/h3-6,8,10,15,22,24,34,36H,2,7,9,11-13H2,1H3,(H,30,38)(H2,31,32,33)/t15-/m0/s1. The number of phenols is 1. The molecule has 13 heteroatoms. The molecule has 3 rings (SSSR count). The van der Waals surface area contributed by atoms with Gasteiger partial charge in [0, 0.05) is 46.8 Å². The van der Waals surface area contributed by atoms with E-state index in [1.807, 2.05) is 0 Å². The maximum atomic E-state index is 13.3. The Morgan fingerprint density at radius 1 is 1.15 bits per heavy atom. The first-order valence-electron chi connectivity index (χ1n) is 12.2. The van der Waals surface area contributed by atoms with Gasteiger partial charge in [-0.15, -0.1) is 0 Å². The van der Waals surface area contributed by atoms with E-state index in [0.29, 0.717) is 11.6 Å². The van der Waals surface area contributed by atoms with Crippen molar-refractivity contribution in [3.05, 3.63) is 58.1 Å². The van der Waals surface area contributed by atoms with Gasteiger partial charge in [0.2, 0.25) is 0 Å². The number of halogens is 3. The number of esters is 1. The molecule has 1 amide bonds. The number of nitrogens with zero attached hydrogens (tertiary/aromatic N) is 1. The molecule has 0 bridgehead atoms. The number of aliphatic hydroxyl groups is 1. The van der Waals surface area contributed by atoms with Crippen molar-refractivity contribution in [2.24, 2.45) is 4.99 Å². The summed E-state index contributed by atoms with van der Waals surface area (Å²) in [6, 6.07) is 7.74. The number of ketones is 1. The summed E-state index contributed by atoms with van der Waals surface area (Å²) in [5.74, 6) is -2.38. The summed E-state index contributed by atoms with van der Waals surface area (Å²) >= 11 is 6.00. The lowest BCUT2D eigenvalue weighted by Crippen LogP contribution is -2.42. The van der Waals surface area contributed by atoms with E-state index in [0.717, 1.165) is 6.07 Å². The van der Waals surface area contributed by atoms with Crippen LogP contribution in [0.3, 0.4) is 0 Å².